The third-order valence-corrected chi connectivity index (χ3v) is 5.91. The Hall–Kier alpha value is -3.79. The molecule has 0 fully saturated rings. The maximum atomic E-state index is 12.5. The number of carbonyl (C=O) groups is 1. The van der Waals surface area contributed by atoms with Crippen molar-refractivity contribution in [3.05, 3.63) is 54.6 Å². The van der Waals surface area contributed by atoms with Crippen LogP contribution in [0.3, 0.4) is 0 Å². The van der Waals surface area contributed by atoms with Gasteiger partial charge in [-0.05, 0) is 24.3 Å². The zero-order valence-electron chi connectivity index (χ0n) is 19.5. The first-order valence-electron chi connectivity index (χ1n) is 10.5. The second kappa shape index (κ2) is 9.60. The average molecular weight is 480 g/mol. The van der Waals surface area contributed by atoms with Gasteiger partial charge in [-0.3, -0.25) is 5.32 Å². The van der Waals surface area contributed by atoms with Gasteiger partial charge in [0.05, 0.1) is 19.7 Å². The lowest BCUT2D eigenvalue weighted by Gasteiger charge is -2.12. The summed E-state index contributed by atoms with van der Waals surface area (Å²) in [5.74, 6) is 2.24. The van der Waals surface area contributed by atoms with Crippen molar-refractivity contribution < 1.29 is 18.8 Å². The van der Waals surface area contributed by atoms with Crippen molar-refractivity contribution in [2.75, 3.05) is 24.9 Å². The number of benzene rings is 2. The maximum Gasteiger partial charge on any atom is 0.324 e. The lowest BCUT2D eigenvalue weighted by molar-refractivity contribution is 0.262. The van der Waals surface area contributed by atoms with Crippen LogP contribution in [-0.2, 0) is 5.41 Å². The fourth-order valence-corrected chi connectivity index (χ4v) is 4.09. The molecule has 0 aliphatic rings. The largest absolute Gasteiger partial charge is 0.493 e. The van der Waals surface area contributed by atoms with Gasteiger partial charge in [0.1, 0.15) is 17.1 Å². The number of urea groups is 1. The van der Waals surface area contributed by atoms with Crippen LogP contribution in [0.25, 0.3) is 10.9 Å². The van der Waals surface area contributed by atoms with E-state index in [1.807, 2.05) is 51.1 Å². The highest BCUT2D eigenvalue weighted by atomic mass is 32.2. The molecule has 4 rings (SSSR count). The molecule has 0 aliphatic carbocycles. The number of fused-ring (bicyclic) bond motifs is 1. The van der Waals surface area contributed by atoms with Gasteiger partial charge in [-0.15, -0.1) is 0 Å². The molecule has 176 valence electrons. The van der Waals surface area contributed by atoms with Crippen molar-refractivity contribution in [3.8, 4) is 11.5 Å². The summed E-state index contributed by atoms with van der Waals surface area (Å²) in [4.78, 5) is 22.1. The summed E-state index contributed by atoms with van der Waals surface area (Å²) in [6.45, 7) is 6.02. The molecule has 0 spiro atoms. The Balaban J connectivity index is 1.50. The molecule has 34 heavy (non-hydrogen) atoms. The van der Waals surface area contributed by atoms with Crippen LogP contribution in [0.15, 0.2) is 63.2 Å². The summed E-state index contributed by atoms with van der Waals surface area (Å²) in [6, 6.07) is 12.4. The van der Waals surface area contributed by atoms with Crippen molar-refractivity contribution in [3.63, 3.8) is 0 Å². The van der Waals surface area contributed by atoms with Crippen molar-refractivity contribution in [2.45, 2.75) is 36.1 Å². The van der Waals surface area contributed by atoms with E-state index in [0.717, 1.165) is 20.8 Å². The minimum Gasteiger partial charge on any atom is -0.493 e. The minimum atomic E-state index is -0.416. The van der Waals surface area contributed by atoms with E-state index < -0.39 is 6.03 Å². The van der Waals surface area contributed by atoms with Gasteiger partial charge >= 0.3 is 6.03 Å². The number of anilines is 2. The van der Waals surface area contributed by atoms with Crippen LogP contribution in [0.5, 0.6) is 11.5 Å². The SMILES string of the molecule is COc1cc2ncnc(Sc3cccc(NC(=O)Nc4cc(C(C)(C)C)on4)c3)c2cc1OC. The molecule has 10 heteroatoms. The molecule has 0 bridgehead atoms. The Kier molecular flexibility index (Phi) is 6.60. The van der Waals surface area contributed by atoms with Crippen molar-refractivity contribution in [1.82, 2.24) is 15.1 Å². The first kappa shape index (κ1) is 23.4. The summed E-state index contributed by atoms with van der Waals surface area (Å²) >= 11 is 1.45. The number of nitrogens with zero attached hydrogens (tertiary/aromatic N) is 3. The lowest BCUT2D eigenvalue weighted by Crippen LogP contribution is -2.19. The molecule has 0 aliphatic heterocycles. The third-order valence-electron chi connectivity index (χ3n) is 4.90. The average Bonchev–Trinajstić information content (AvgIpc) is 3.27. The Bertz CT molecular complexity index is 1330. The predicted molar refractivity (Wildman–Crippen MR) is 131 cm³/mol. The van der Waals surface area contributed by atoms with E-state index in [-0.39, 0.29) is 5.41 Å². The molecule has 2 N–H and O–H groups in total. The monoisotopic (exact) mass is 479 g/mol. The molecule has 2 aromatic carbocycles. The number of carbonyl (C=O) groups excluding carboxylic acids is 1. The van der Waals surface area contributed by atoms with Crippen LogP contribution < -0.4 is 20.1 Å². The fourth-order valence-electron chi connectivity index (χ4n) is 3.16. The highest BCUT2D eigenvalue weighted by Gasteiger charge is 2.20. The summed E-state index contributed by atoms with van der Waals surface area (Å²) in [6.07, 6.45) is 1.51. The molecule has 0 saturated carbocycles. The third kappa shape index (κ3) is 5.23. The number of amides is 2. The predicted octanol–water partition coefficient (Wildman–Crippen LogP) is 5.73. The summed E-state index contributed by atoms with van der Waals surface area (Å²) in [7, 11) is 3.17. The number of nitrogens with one attached hydrogen (secondary N) is 2. The van der Waals surface area contributed by atoms with E-state index in [4.69, 9.17) is 14.0 Å². The van der Waals surface area contributed by atoms with Gasteiger partial charge in [-0.25, -0.2) is 14.8 Å². The van der Waals surface area contributed by atoms with Gasteiger partial charge < -0.3 is 19.3 Å². The van der Waals surface area contributed by atoms with E-state index in [0.29, 0.717) is 28.8 Å². The smallest absolute Gasteiger partial charge is 0.324 e. The van der Waals surface area contributed by atoms with Gasteiger partial charge in [0.25, 0.3) is 0 Å². The Labute approximate surface area is 201 Å². The van der Waals surface area contributed by atoms with Crippen molar-refractivity contribution >= 4 is 40.2 Å². The number of ether oxygens (including phenoxy) is 2. The maximum absolute atomic E-state index is 12.5. The van der Waals surface area contributed by atoms with Crippen LogP contribution in [-0.4, -0.2) is 35.4 Å². The zero-order chi connectivity index (χ0) is 24.3. The van der Waals surface area contributed by atoms with Crippen LogP contribution in [0, 0.1) is 0 Å². The van der Waals surface area contributed by atoms with Crippen molar-refractivity contribution in [2.24, 2.45) is 0 Å². The van der Waals surface area contributed by atoms with Gasteiger partial charge in [0.15, 0.2) is 17.3 Å². The molecular formula is C24H25N5O4S. The molecule has 2 aromatic heterocycles. The number of aromatic nitrogens is 3. The zero-order valence-corrected chi connectivity index (χ0v) is 20.3. The highest BCUT2D eigenvalue weighted by Crippen LogP contribution is 2.37. The Morgan fingerprint density at radius 2 is 1.76 bits per heavy atom. The highest BCUT2D eigenvalue weighted by molar-refractivity contribution is 7.99. The molecule has 9 nitrogen and oxygen atoms in total. The summed E-state index contributed by atoms with van der Waals surface area (Å²) in [5.41, 5.74) is 1.17. The topological polar surface area (TPSA) is 111 Å². The molecule has 4 aromatic rings. The molecule has 2 amide bonds. The second-order valence-electron chi connectivity index (χ2n) is 8.44. The van der Waals surface area contributed by atoms with Crippen LogP contribution in [0.1, 0.15) is 26.5 Å². The molecule has 0 saturated heterocycles. The molecule has 2 heterocycles. The Morgan fingerprint density at radius 3 is 2.47 bits per heavy atom. The number of rotatable bonds is 6. The molecule has 0 unspecified atom stereocenters. The van der Waals surface area contributed by atoms with Gasteiger partial charge in [0, 0.05) is 33.5 Å². The lowest BCUT2D eigenvalue weighted by atomic mass is 9.93. The molecule has 0 atom stereocenters. The van der Waals surface area contributed by atoms with E-state index >= 15 is 0 Å². The fraction of sp³-hybridized carbons (Fsp3) is 0.250. The summed E-state index contributed by atoms with van der Waals surface area (Å²) in [5, 5.41) is 11.0. The quantitative estimate of drug-likeness (QED) is 0.337. The number of hydrogen-bond acceptors (Lipinski definition) is 8. The van der Waals surface area contributed by atoms with E-state index in [1.54, 1.807) is 26.4 Å². The normalized spacial score (nSPS) is 11.3. The molecular weight excluding hydrogens is 454 g/mol. The van der Waals surface area contributed by atoms with E-state index in [9.17, 15) is 4.79 Å². The van der Waals surface area contributed by atoms with Crippen LogP contribution in [0.2, 0.25) is 0 Å². The van der Waals surface area contributed by atoms with Gasteiger partial charge in [0.2, 0.25) is 0 Å². The standard InChI is InChI=1S/C24H25N5O4S/c1-24(2,3)20-12-21(29-33-20)28-23(30)27-14-7-6-8-15(9-14)34-22-16-10-18(31-4)19(32-5)11-17(16)25-13-26-22/h6-13H,1-5H3,(H2,27,28,29,30). The van der Waals surface area contributed by atoms with Gasteiger partial charge in [-0.2, -0.15) is 0 Å². The van der Waals surface area contributed by atoms with Gasteiger partial charge in [-0.1, -0.05) is 43.8 Å². The Morgan fingerprint density at radius 1 is 1.00 bits per heavy atom. The van der Waals surface area contributed by atoms with E-state index in [2.05, 4.69) is 25.8 Å². The number of methoxy groups -OCH3 is 2. The van der Waals surface area contributed by atoms with E-state index in [1.165, 1.54) is 18.1 Å². The van der Waals surface area contributed by atoms with Crippen molar-refractivity contribution in [1.29, 1.82) is 0 Å². The number of hydrogen-bond donors (Lipinski definition) is 2. The van der Waals surface area contributed by atoms with Crippen LogP contribution >= 0.6 is 11.8 Å². The second-order valence-corrected chi connectivity index (χ2v) is 9.50. The summed E-state index contributed by atoms with van der Waals surface area (Å²) < 4.78 is 16.1. The first-order chi connectivity index (χ1) is 16.3. The first-order valence-corrected chi connectivity index (χ1v) is 11.3. The minimum absolute atomic E-state index is 0.199. The molecule has 0 radical (unpaired) electrons. The van der Waals surface area contributed by atoms with Crippen LogP contribution in [0.4, 0.5) is 16.3 Å².